The molecule has 2 N–H and O–H groups in total. The van der Waals surface area contributed by atoms with Gasteiger partial charge in [-0.3, -0.25) is 0 Å². The van der Waals surface area contributed by atoms with Gasteiger partial charge in [-0.25, -0.2) is 4.79 Å². The zero-order chi connectivity index (χ0) is 14.2. The minimum absolute atomic E-state index is 0.118. The quantitative estimate of drug-likeness (QED) is 0.889. The lowest BCUT2D eigenvalue weighted by molar-refractivity contribution is 0.171. The Labute approximate surface area is 118 Å². The predicted molar refractivity (Wildman–Crippen MR) is 75.1 cm³/mol. The number of carbonyl (C=O) groups excluding carboxylic acids is 1. The Kier molecular flexibility index (Phi) is 3.20. The van der Waals surface area contributed by atoms with Crippen LogP contribution in [0.3, 0.4) is 0 Å². The summed E-state index contributed by atoms with van der Waals surface area (Å²) in [7, 11) is 0. The molecule has 5 nitrogen and oxygen atoms in total. The molecular formula is C15H20N2O3. The molecule has 0 radical (unpaired) electrons. The third-order valence-corrected chi connectivity index (χ3v) is 3.60. The summed E-state index contributed by atoms with van der Waals surface area (Å²) in [6.07, 6.45) is 2.16. The van der Waals surface area contributed by atoms with Crippen LogP contribution in [-0.4, -0.2) is 25.3 Å². The van der Waals surface area contributed by atoms with Gasteiger partial charge in [-0.05, 0) is 44.4 Å². The first kappa shape index (κ1) is 13.1. The van der Waals surface area contributed by atoms with Crippen LogP contribution < -0.4 is 20.1 Å². The molecule has 0 saturated heterocycles. The van der Waals surface area contributed by atoms with Crippen molar-refractivity contribution < 1.29 is 14.3 Å². The van der Waals surface area contributed by atoms with Crippen molar-refractivity contribution in [2.75, 3.05) is 13.2 Å². The fourth-order valence-electron chi connectivity index (χ4n) is 2.24. The SMILES string of the molecule is CC(C)(NC(=O)NC1CC1)c1ccc2c(c1)OCCO2. The van der Waals surface area contributed by atoms with Crippen molar-refractivity contribution in [2.24, 2.45) is 0 Å². The van der Waals surface area contributed by atoms with Gasteiger partial charge in [0.25, 0.3) is 0 Å². The molecule has 5 heteroatoms. The Morgan fingerprint density at radius 2 is 1.90 bits per heavy atom. The van der Waals surface area contributed by atoms with E-state index >= 15 is 0 Å². The Bertz CT molecular complexity index is 524. The molecule has 20 heavy (non-hydrogen) atoms. The Morgan fingerprint density at radius 3 is 2.60 bits per heavy atom. The molecule has 1 heterocycles. The molecule has 2 amide bonds. The highest BCUT2D eigenvalue weighted by Crippen LogP contribution is 2.34. The van der Waals surface area contributed by atoms with E-state index in [2.05, 4.69) is 10.6 Å². The number of urea groups is 1. The molecule has 1 fully saturated rings. The molecule has 0 spiro atoms. The van der Waals surface area contributed by atoms with Crippen molar-refractivity contribution in [3.63, 3.8) is 0 Å². The van der Waals surface area contributed by atoms with Crippen LogP contribution in [0.25, 0.3) is 0 Å². The summed E-state index contributed by atoms with van der Waals surface area (Å²) in [6, 6.07) is 6.03. The molecule has 0 atom stereocenters. The van der Waals surface area contributed by atoms with Gasteiger partial charge in [-0.1, -0.05) is 6.07 Å². The van der Waals surface area contributed by atoms with Crippen molar-refractivity contribution in [1.29, 1.82) is 0 Å². The summed E-state index contributed by atoms with van der Waals surface area (Å²) in [5, 5.41) is 5.94. The first-order valence-corrected chi connectivity index (χ1v) is 7.03. The first-order valence-electron chi connectivity index (χ1n) is 7.03. The van der Waals surface area contributed by atoms with Crippen LogP contribution in [0.5, 0.6) is 11.5 Å². The van der Waals surface area contributed by atoms with Crippen LogP contribution in [0.1, 0.15) is 32.3 Å². The number of rotatable bonds is 3. The maximum absolute atomic E-state index is 11.9. The minimum atomic E-state index is -0.463. The number of hydrogen-bond donors (Lipinski definition) is 2. The molecule has 108 valence electrons. The van der Waals surface area contributed by atoms with Gasteiger partial charge in [0.05, 0.1) is 5.54 Å². The van der Waals surface area contributed by atoms with E-state index in [-0.39, 0.29) is 6.03 Å². The van der Waals surface area contributed by atoms with Gasteiger partial charge in [0, 0.05) is 6.04 Å². The van der Waals surface area contributed by atoms with E-state index in [4.69, 9.17) is 9.47 Å². The zero-order valence-electron chi connectivity index (χ0n) is 11.9. The molecule has 1 saturated carbocycles. The minimum Gasteiger partial charge on any atom is -0.486 e. The highest BCUT2D eigenvalue weighted by molar-refractivity contribution is 5.75. The molecule has 1 aliphatic carbocycles. The van der Waals surface area contributed by atoms with Crippen molar-refractivity contribution in [2.45, 2.75) is 38.3 Å². The summed E-state index contributed by atoms with van der Waals surface area (Å²) in [5.74, 6) is 1.50. The van der Waals surface area contributed by atoms with Gasteiger partial charge in [0.2, 0.25) is 0 Å². The number of fused-ring (bicyclic) bond motifs is 1. The van der Waals surface area contributed by atoms with E-state index in [1.54, 1.807) is 0 Å². The molecular weight excluding hydrogens is 256 g/mol. The number of hydrogen-bond acceptors (Lipinski definition) is 3. The summed E-state index contributed by atoms with van der Waals surface area (Å²) >= 11 is 0. The number of amides is 2. The second-order valence-corrected chi connectivity index (χ2v) is 5.86. The van der Waals surface area contributed by atoms with Gasteiger partial charge in [-0.15, -0.1) is 0 Å². The molecule has 0 unspecified atom stereocenters. The van der Waals surface area contributed by atoms with Crippen LogP contribution in [0.2, 0.25) is 0 Å². The Hall–Kier alpha value is -1.91. The third kappa shape index (κ3) is 2.81. The first-order chi connectivity index (χ1) is 9.54. The molecule has 0 aromatic heterocycles. The van der Waals surface area contributed by atoms with Crippen LogP contribution in [0, 0.1) is 0 Å². The van der Waals surface area contributed by atoms with Crippen molar-refractivity contribution in [3.05, 3.63) is 23.8 Å². The Balaban J connectivity index is 1.73. The largest absolute Gasteiger partial charge is 0.486 e. The summed E-state index contributed by atoms with van der Waals surface area (Å²) in [5.41, 5.74) is 0.530. The van der Waals surface area contributed by atoms with Crippen molar-refractivity contribution in [1.82, 2.24) is 10.6 Å². The maximum atomic E-state index is 11.9. The fourth-order valence-corrected chi connectivity index (χ4v) is 2.24. The summed E-state index contributed by atoms with van der Waals surface area (Å²) < 4.78 is 11.1. The van der Waals surface area contributed by atoms with Crippen molar-refractivity contribution >= 4 is 6.03 Å². The highest BCUT2D eigenvalue weighted by atomic mass is 16.6. The van der Waals surface area contributed by atoms with E-state index in [0.717, 1.165) is 29.9 Å². The lowest BCUT2D eigenvalue weighted by Gasteiger charge is -2.28. The molecule has 1 aliphatic heterocycles. The van der Waals surface area contributed by atoms with Crippen molar-refractivity contribution in [3.8, 4) is 11.5 Å². The lowest BCUT2D eigenvalue weighted by Crippen LogP contribution is -2.47. The predicted octanol–water partition coefficient (Wildman–Crippen LogP) is 2.15. The summed E-state index contributed by atoms with van der Waals surface area (Å²) in [6.45, 7) is 5.10. The standard InChI is InChI=1S/C15H20N2O3/c1-15(2,17-14(18)16-11-4-5-11)10-3-6-12-13(9-10)20-8-7-19-12/h3,6,9,11H,4-5,7-8H2,1-2H3,(H2,16,17,18). The maximum Gasteiger partial charge on any atom is 0.315 e. The van der Waals surface area contributed by atoms with Gasteiger partial charge < -0.3 is 20.1 Å². The normalized spacial score (nSPS) is 17.5. The van der Waals surface area contributed by atoms with Gasteiger partial charge in [0.1, 0.15) is 13.2 Å². The second-order valence-electron chi connectivity index (χ2n) is 5.86. The van der Waals surface area contributed by atoms with Crippen LogP contribution in [0.4, 0.5) is 4.79 Å². The van der Waals surface area contributed by atoms with E-state index in [1.165, 1.54) is 0 Å². The van der Waals surface area contributed by atoms with Gasteiger partial charge in [0.15, 0.2) is 11.5 Å². The monoisotopic (exact) mass is 276 g/mol. The third-order valence-electron chi connectivity index (χ3n) is 3.60. The average Bonchev–Trinajstić information content (AvgIpc) is 3.21. The number of ether oxygens (including phenoxy) is 2. The number of carbonyl (C=O) groups is 1. The van der Waals surface area contributed by atoms with Crippen LogP contribution >= 0.6 is 0 Å². The van der Waals surface area contributed by atoms with E-state index in [0.29, 0.717) is 19.3 Å². The topological polar surface area (TPSA) is 59.6 Å². The molecule has 3 rings (SSSR count). The molecule has 1 aromatic carbocycles. The van der Waals surface area contributed by atoms with E-state index < -0.39 is 5.54 Å². The Morgan fingerprint density at radius 1 is 1.20 bits per heavy atom. The zero-order valence-corrected chi connectivity index (χ0v) is 11.9. The smallest absolute Gasteiger partial charge is 0.315 e. The highest BCUT2D eigenvalue weighted by Gasteiger charge is 2.28. The fraction of sp³-hybridized carbons (Fsp3) is 0.533. The summed E-state index contributed by atoms with van der Waals surface area (Å²) in [4.78, 5) is 11.9. The number of benzene rings is 1. The second kappa shape index (κ2) is 4.89. The van der Waals surface area contributed by atoms with Gasteiger partial charge in [-0.2, -0.15) is 0 Å². The average molecular weight is 276 g/mol. The van der Waals surface area contributed by atoms with Gasteiger partial charge >= 0.3 is 6.03 Å². The number of nitrogens with one attached hydrogen (secondary N) is 2. The molecule has 2 aliphatic rings. The van der Waals surface area contributed by atoms with E-state index in [9.17, 15) is 4.79 Å². The lowest BCUT2D eigenvalue weighted by atomic mass is 9.94. The van der Waals surface area contributed by atoms with Crippen LogP contribution in [-0.2, 0) is 5.54 Å². The molecule has 0 bridgehead atoms. The molecule has 1 aromatic rings. The van der Waals surface area contributed by atoms with Crippen LogP contribution in [0.15, 0.2) is 18.2 Å². The van der Waals surface area contributed by atoms with E-state index in [1.807, 2.05) is 32.0 Å².